The number of anilines is 1. The summed E-state index contributed by atoms with van der Waals surface area (Å²) in [5.41, 5.74) is 1.52. The molecule has 3 rings (SSSR count). The van der Waals surface area contributed by atoms with Crippen molar-refractivity contribution in [1.29, 1.82) is 0 Å². The quantitative estimate of drug-likeness (QED) is 0.285. The highest BCUT2D eigenvalue weighted by Crippen LogP contribution is 2.35. The van der Waals surface area contributed by atoms with Gasteiger partial charge in [0.2, 0.25) is 11.8 Å². The van der Waals surface area contributed by atoms with Crippen molar-refractivity contribution in [2.45, 2.75) is 44.7 Å². The lowest BCUT2D eigenvalue weighted by atomic mass is 10.1. The summed E-state index contributed by atoms with van der Waals surface area (Å²) < 4.78 is 28.7. The molecule has 3 aromatic carbocycles. The van der Waals surface area contributed by atoms with E-state index in [4.69, 9.17) is 34.8 Å². The third-order valence-corrected chi connectivity index (χ3v) is 9.05. The van der Waals surface area contributed by atoms with Crippen LogP contribution in [0.25, 0.3) is 0 Å². The number of rotatable bonds is 11. The first-order valence-corrected chi connectivity index (χ1v) is 14.9. The van der Waals surface area contributed by atoms with Gasteiger partial charge in [-0.15, -0.1) is 0 Å². The summed E-state index contributed by atoms with van der Waals surface area (Å²) in [5, 5.41) is 3.32. The molecule has 1 atom stereocenters. The van der Waals surface area contributed by atoms with E-state index >= 15 is 0 Å². The van der Waals surface area contributed by atoms with E-state index in [0.29, 0.717) is 23.6 Å². The first-order valence-electron chi connectivity index (χ1n) is 12.3. The minimum atomic E-state index is -4.26. The van der Waals surface area contributed by atoms with E-state index < -0.39 is 28.5 Å². The summed E-state index contributed by atoms with van der Waals surface area (Å²) in [6, 6.07) is 16.8. The molecule has 1 unspecified atom stereocenters. The van der Waals surface area contributed by atoms with Crippen LogP contribution in [0.15, 0.2) is 71.6 Å². The van der Waals surface area contributed by atoms with Crippen molar-refractivity contribution in [3.05, 3.63) is 92.9 Å². The third kappa shape index (κ3) is 7.45. The number of aryl methyl sites for hydroxylation is 1. The Kier molecular flexibility index (Phi) is 10.7. The van der Waals surface area contributed by atoms with Gasteiger partial charge < -0.3 is 10.2 Å². The third-order valence-electron chi connectivity index (χ3n) is 6.10. The molecule has 11 heteroatoms. The van der Waals surface area contributed by atoms with E-state index in [1.54, 1.807) is 49.4 Å². The van der Waals surface area contributed by atoms with Crippen molar-refractivity contribution in [2.24, 2.45) is 0 Å². The lowest BCUT2D eigenvalue weighted by Gasteiger charge is -2.32. The van der Waals surface area contributed by atoms with Gasteiger partial charge >= 0.3 is 0 Å². The molecular formula is C28H30Cl3N3O4S. The first kappa shape index (κ1) is 30.8. The first-order chi connectivity index (χ1) is 18.5. The van der Waals surface area contributed by atoms with Crippen LogP contribution in [-0.2, 0) is 26.2 Å². The summed E-state index contributed by atoms with van der Waals surface area (Å²) in [6.45, 7) is 5.13. The second-order valence-corrected chi connectivity index (χ2v) is 12.0. The minimum Gasteiger partial charge on any atom is -0.354 e. The van der Waals surface area contributed by atoms with Crippen LogP contribution < -0.4 is 9.62 Å². The largest absolute Gasteiger partial charge is 0.354 e. The van der Waals surface area contributed by atoms with Crippen LogP contribution in [0.2, 0.25) is 15.1 Å². The summed E-state index contributed by atoms with van der Waals surface area (Å²) in [7, 11) is -4.26. The average molecular weight is 611 g/mol. The maximum Gasteiger partial charge on any atom is 0.264 e. The number of halogens is 3. The topological polar surface area (TPSA) is 86.8 Å². The second-order valence-electron chi connectivity index (χ2n) is 8.98. The molecule has 0 heterocycles. The maximum absolute atomic E-state index is 13.9. The van der Waals surface area contributed by atoms with Gasteiger partial charge in [0.15, 0.2) is 0 Å². The number of amides is 2. The van der Waals surface area contributed by atoms with E-state index in [1.165, 1.54) is 29.2 Å². The molecule has 3 aromatic rings. The van der Waals surface area contributed by atoms with Crippen molar-refractivity contribution >= 4 is 62.3 Å². The number of carbonyl (C=O) groups excluding carboxylic acids is 2. The van der Waals surface area contributed by atoms with Gasteiger partial charge in [-0.2, -0.15) is 0 Å². The predicted octanol–water partition coefficient (Wildman–Crippen LogP) is 6.09. The fourth-order valence-electron chi connectivity index (χ4n) is 3.82. The molecule has 0 fully saturated rings. The summed E-state index contributed by atoms with van der Waals surface area (Å²) >= 11 is 19.0. The Morgan fingerprint density at radius 1 is 0.923 bits per heavy atom. The normalized spacial score (nSPS) is 12.1. The van der Waals surface area contributed by atoms with Gasteiger partial charge in [-0.05, 0) is 56.2 Å². The van der Waals surface area contributed by atoms with Gasteiger partial charge in [-0.25, -0.2) is 8.42 Å². The van der Waals surface area contributed by atoms with E-state index in [-0.39, 0.29) is 33.1 Å². The Labute approximate surface area is 244 Å². The molecule has 0 saturated heterocycles. The zero-order valence-corrected chi connectivity index (χ0v) is 24.9. The number of carbonyl (C=O) groups is 2. The van der Waals surface area contributed by atoms with Crippen LogP contribution in [0.5, 0.6) is 0 Å². The van der Waals surface area contributed by atoms with Crippen molar-refractivity contribution < 1.29 is 18.0 Å². The highest BCUT2D eigenvalue weighted by atomic mass is 35.5. The van der Waals surface area contributed by atoms with Crippen LogP contribution >= 0.6 is 34.8 Å². The maximum atomic E-state index is 13.9. The number of nitrogens with zero attached hydrogens (tertiary/aromatic N) is 2. The fourth-order valence-corrected chi connectivity index (χ4v) is 5.89. The average Bonchev–Trinajstić information content (AvgIpc) is 2.91. The molecule has 0 bridgehead atoms. The lowest BCUT2D eigenvalue weighted by molar-refractivity contribution is -0.139. The Bertz CT molecular complexity index is 1430. The second kappa shape index (κ2) is 13.5. The van der Waals surface area contributed by atoms with Crippen LogP contribution in [0, 0.1) is 6.92 Å². The van der Waals surface area contributed by atoms with E-state index in [9.17, 15) is 18.0 Å². The van der Waals surface area contributed by atoms with E-state index in [1.807, 2.05) is 13.8 Å². The zero-order chi connectivity index (χ0) is 28.7. The molecule has 39 heavy (non-hydrogen) atoms. The van der Waals surface area contributed by atoms with E-state index in [2.05, 4.69) is 5.32 Å². The number of hydrogen-bond donors (Lipinski definition) is 1. The van der Waals surface area contributed by atoms with Gasteiger partial charge in [0.25, 0.3) is 10.0 Å². The standard InChI is InChI=1S/C28H30Cl3N3O4S/c1-4-16-32-28(36)20(3)33(17-21-8-5-6-9-23(21)29)26(35)18-34(25-11-7-10-24(30)27(25)31)39(37,38)22-14-12-19(2)13-15-22/h5-15,20H,4,16-18H2,1-3H3,(H,32,36). The Morgan fingerprint density at radius 3 is 2.21 bits per heavy atom. The monoisotopic (exact) mass is 609 g/mol. The lowest BCUT2D eigenvalue weighted by Crippen LogP contribution is -2.51. The number of hydrogen-bond acceptors (Lipinski definition) is 4. The number of benzene rings is 3. The molecule has 1 N–H and O–H groups in total. The molecule has 0 aliphatic heterocycles. The van der Waals surface area contributed by atoms with Crippen molar-refractivity contribution in [1.82, 2.24) is 10.2 Å². The molecule has 208 valence electrons. The number of sulfonamides is 1. The summed E-state index contributed by atoms with van der Waals surface area (Å²) in [5.74, 6) is -0.994. The van der Waals surface area contributed by atoms with Crippen LogP contribution in [0.1, 0.15) is 31.4 Å². The van der Waals surface area contributed by atoms with Gasteiger partial charge in [0, 0.05) is 18.1 Å². The molecule has 0 saturated carbocycles. The predicted molar refractivity (Wildman–Crippen MR) is 157 cm³/mol. The Morgan fingerprint density at radius 2 is 1.56 bits per heavy atom. The van der Waals surface area contributed by atoms with Crippen molar-refractivity contribution in [3.63, 3.8) is 0 Å². The Balaban J connectivity index is 2.07. The molecule has 0 radical (unpaired) electrons. The summed E-state index contributed by atoms with van der Waals surface area (Å²) in [4.78, 5) is 28.1. The molecule has 0 aromatic heterocycles. The van der Waals surface area contributed by atoms with Crippen molar-refractivity contribution in [2.75, 3.05) is 17.4 Å². The molecule has 0 aliphatic rings. The van der Waals surface area contributed by atoms with Crippen LogP contribution in [0.3, 0.4) is 0 Å². The van der Waals surface area contributed by atoms with Crippen molar-refractivity contribution in [3.8, 4) is 0 Å². The molecule has 0 spiro atoms. The van der Waals surface area contributed by atoms with Gasteiger partial charge in [-0.3, -0.25) is 13.9 Å². The van der Waals surface area contributed by atoms with Gasteiger partial charge in [0.05, 0.1) is 20.6 Å². The number of nitrogens with one attached hydrogen (secondary N) is 1. The Hall–Kier alpha value is -2.78. The highest BCUT2D eigenvalue weighted by Gasteiger charge is 2.33. The fraction of sp³-hybridized carbons (Fsp3) is 0.286. The van der Waals surface area contributed by atoms with E-state index in [0.717, 1.165) is 9.87 Å². The molecule has 2 amide bonds. The van der Waals surface area contributed by atoms with Gasteiger partial charge in [-0.1, -0.05) is 83.7 Å². The smallest absolute Gasteiger partial charge is 0.264 e. The minimum absolute atomic E-state index is 0.0130. The zero-order valence-electron chi connectivity index (χ0n) is 21.8. The highest BCUT2D eigenvalue weighted by molar-refractivity contribution is 7.92. The van der Waals surface area contributed by atoms with Gasteiger partial charge in [0.1, 0.15) is 12.6 Å². The van der Waals surface area contributed by atoms with Crippen LogP contribution in [0.4, 0.5) is 5.69 Å². The molecule has 0 aliphatic carbocycles. The summed E-state index contributed by atoms with van der Waals surface area (Å²) in [6.07, 6.45) is 0.715. The van der Waals surface area contributed by atoms with Crippen LogP contribution in [-0.4, -0.2) is 44.3 Å². The SMILES string of the molecule is CCCNC(=O)C(C)N(Cc1ccccc1Cl)C(=O)CN(c1cccc(Cl)c1Cl)S(=O)(=O)c1ccc(C)cc1. The molecule has 7 nitrogen and oxygen atoms in total. The molecular weight excluding hydrogens is 581 g/mol.